The maximum atomic E-state index is 12.5. The SMILES string of the molecule is COc1ccc(Cl)cc1C(=O)NCCC1CCN(S(=O)(=O)NC(=S)NC2CC2)CC1. The lowest BCUT2D eigenvalue weighted by Crippen LogP contribution is -2.50. The third kappa shape index (κ3) is 6.44. The van der Waals surface area contributed by atoms with Gasteiger partial charge in [-0.25, -0.2) is 4.72 Å². The molecule has 2 aliphatic rings. The predicted molar refractivity (Wildman–Crippen MR) is 120 cm³/mol. The molecule has 1 aliphatic carbocycles. The van der Waals surface area contributed by atoms with Gasteiger partial charge >= 0.3 is 10.2 Å². The van der Waals surface area contributed by atoms with Crippen LogP contribution in [0.4, 0.5) is 0 Å². The number of nitrogens with one attached hydrogen (secondary N) is 3. The molecule has 3 rings (SSSR count). The van der Waals surface area contributed by atoms with Gasteiger partial charge in [0.2, 0.25) is 0 Å². The summed E-state index contributed by atoms with van der Waals surface area (Å²) in [5, 5.41) is 6.50. The summed E-state index contributed by atoms with van der Waals surface area (Å²) in [6.45, 7) is 1.36. The molecule has 8 nitrogen and oxygen atoms in total. The van der Waals surface area contributed by atoms with Crippen molar-refractivity contribution >= 4 is 45.0 Å². The Kier molecular flexibility index (Phi) is 7.78. The van der Waals surface area contributed by atoms with Gasteiger partial charge in [-0.2, -0.15) is 12.7 Å². The molecule has 2 fully saturated rings. The average molecular weight is 475 g/mol. The van der Waals surface area contributed by atoms with E-state index in [2.05, 4.69) is 15.4 Å². The van der Waals surface area contributed by atoms with Crippen LogP contribution < -0.4 is 20.1 Å². The summed E-state index contributed by atoms with van der Waals surface area (Å²) in [7, 11) is -2.12. The van der Waals surface area contributed by atoms with E-state index in [4.69, 9.17) is 28.6 Å². The number of piperidine rings is 1. The second kappa shape index (κ2) is 10.1. The Morgan fingerprint density at radius 1 is 1.27 bits per heavy atom. The summed E-state index contributed by atoms with van der Waals surface area (Å²) in [4.78, 5) is 12.4. The van der Waals surface area contributed by atoms with Gasteiger partial charge in [0.05, 0.1) is 12.7 Å². The van der Waals surface area contributed by atoms with Crippen molar-refractivity contribution in [3.63, 3.8) is 0 Å². The summed E-state index contributed by atoms with van der Waals surface area (Å²) in [5.41, 5.74) is 0.396. The molecule has 1 amide bonds. The highest BCUT2D eigenvalue weighted by Gasteiger charge is 2.30. The highest BCUT2D eigenvalue weighted by molar-refractivity contribution is 7.89. The van der Waals surface area contributed by atoms with Gasteiger partial charge in [-0.1, -0.05) is 11.6 Å². The second-order valence-corrected chi connectivity index (χ2v) is 10.1. The van der Waals surface area contributed by atoms with E-state index in [1.165, 1.54) is 11.4 Å². The number of rotatable bonds is 8. The molecule has 0 spiro atoms. The van der Waals surface area contributed by atoms with Gasteiger partial charge < -0.3 is 15.4 Å². The summed E-state index contributed by atoms with van der Waals surface area (Å²) in [6.07, 6.45) is 4.29. The van der Waals surface area contributed by atoms with Crippen molar-refractivity contribution in [2.45, 2.75) is 38.1 Å². The molecule has 0 radical (unpaired) electrons. The predicted octanol–water partition coefficient (Wildman–Crippen LogP) is 2.05. The Labute approximate surface area is 187 Å². The average Bonchev–Trinajstić information content (AvgIpc) is 3.51. The van der Waals surface area contributed by atoms with Crippen LogP contribution in [0.2, 0.25) is 5.02 Å². The largest absolute Gasteiger partial charge is 0.496 e. The van der Waals surface area contributed by atoms with Crippen molar-refractivity contribution < 1.29 is 17.9 Å². The van der Waals surface area contributed by atoms with E-state index in [-0.39, 0.29) is 11.0 Å². The Hall–Kier alpha value is -1.62. The Balaban J connectivity index is 1.41. The molecule has 3 N–H and O–H groups in total. The topological polar surface area (TPSA) is 99.8 Å². The fraction of sp³-hybridized carbons (Fsp3) is 0.579. The third-order valence-corrected chi connectivity index (χ3v) is 7.38. The Morgan fingerprint density at radius 3 is 2.60 bits per heavy atom. The van der Waals surface area contributed by atoms with Gasteiger partial charge in [0.1, 0.15) is 5.75 Å². The highest BCUT2D eigenvalue weighted by Crippen LogP contribution is 2.24. The molecule has 1 saturated heterocycles. The van der Waals surface area contributed by atoms with Gasteiger partial charge in [0.25, 0.3) is 5.91 Å². The molecule has 0 unspecified atom stereocenters. The van der Waals surface area contributed by atoms with Crippen molar-refractivity contribution in [2.75, 3.05) is 26.7 Å². The molecule has 11 heteroatoms. The monoisotopic (exact) mass is 474 g/mol. The minimum absolute atomic E-state index is 0.166. The lowest BCUT2D eigenvalue weighted by Gasteiger charge is -2.31. The number of halogens is 1. The summed E-state index contributed by atoms with van der Waals surface area (Å²) in [5.74, 6) is 0.571. The molecule has 30 heavy (non-hydrogen) atoms. The standard InChI is InChI=1S/C19H27ClN4O4S2/c1-28-17-5-2-14(20)12-16(17)18(25)21-9-6-13-7-10-24(11-8-13)30(26,27)23-19(29)22-15-3-4-15/h2,5,12-13,15H,3-4,6-11H2,1H3,(H,21,25)(H2,22,23,29). The molecule has 166 valence electrons. The van der Waals surface area contributed by atoms with Gasteiger partial charge in [0, 0.05) is 30.7 Å². The van der Waals surface area contributed by atoms with E-state index in [1.54, 1.807) is 18.2 Å². The first kappa shape index (κ1) is 23.1. The number of hydrogen-bond acceptors (Lipinski definition) is 5. The maximum absolute atomic E-state index is 12.5. The minimum atomic E-state index is -3.62. The molecular formula is C19H27ClN4O4S2. The first-order chi connectivity index (χ1) is 14.3. The van der Waals surface area contributed by atoms with E-state index in [9.17, 15) is 13.2 Å². The van der Waals surface area contributed by atoms with Crippen molar-refractivity contribution in [3.8, 4) is 5.75 Å². The lowest BCUT2D eigenvalue weighted by atomic mass is 9.95. The number of benzene rings is 1. The van der Waals surface area contributed by atoms with Gasteiger partial charge in [0.15, 0.2) is 5.11 Å². The Morgan fingerprint density at radius 2 is 1.97 bits per heavy atom. The molecule has 1 aromatic rings. The van der Waals surface area contributed by atoms with Crippen LogP contribution in [0.1, 0.15) is 42.5 Å². The zero-order valence-electron chi connectivity index (χ0n) is 16.8. The number of thiocarbonyl (C=S) groups is 1. The van der Waals surface area contributed by atoms with E-state index in [0.717, 1.165) is 32.1 Å². The van der Waals surface area contributed by atoms with E-state index >= 15 is 0 Å². The number of ether oxygens (including phenoxy) is 1. The molecular weight excluding hydrogens is 448 g/mol. The van der Waals surface area contributed by atoms with Crippen molar-refractivity contribution in [2.24, 2.45) is 5.92 Å². The van der Waals surface area contributed by atoms with Crippen LogP contribution in [-0.4, -0.2) is 56.5 Å². The lowest BCUT2D eigenvalue weighted by molar-refractivity contribution is 0.0947. The molecule has 0 bridgehead atoms. The van der Waals surface area contributed by atoms with Crippen molar-refractivity contribution in [3.05, 3.63) is 28.8 Å². The molecule has 1 aromatic carbocycles. The second-order valence-electron chi connectivity index (χ2n) is 7.59. The smallest absolute Gasteiger partial charge is 0.303 e. The number of nitrogens with zero attached hydrogens (tertiary/aromatic N) is 1. The van der Waals surface area contributed by atoms with Gasteiger partial charge in [-0.3, -0.25) is 4.79 Å². The first-order valence-electron chi connectivity index (χ1n) is 9.98. The van der Waals surface area contributed by atoms with Crippen LogP contribution in [0.3, 0.4) is 0 Å². The zero-order chi connectivity index (χ0) is 21.7. The quantitative estimate of drug-likeness (QED) is 0.499. The zero-order valence-corrected chi connectivity index (χ0v) is 19.2. The van der Waals surface area contributed by atoms with Gasteiger partial charge in [-0.05, 0) is 68.4 Å². The number of carbonyl (C=O) groups is 1. The fourth-order valence-electron chi connectivity index (χ4n) is 3.41. The summed E-state index contributed by atoms with van der Waals surface area (Å²) in [6, 6.07) is 5.21. The van der Waals surface area contributed by atoms with E-state index in [1.807, 2.05) is 0 Å². The van der Waals surface area contributed by atoms with Crippen LogP contribution in [-0.2, 0) is 10.2 Å². The maximum Gasteiger partial charge on any atom is 0.303 e. The number of amides is 1. The van der Waals surface area contributed by atoms with Crippen LogP contribution in [0.15, 0.2) is 18.2 Å². The van der Waals surface area contributed by atoms with E-state index < -0.39 is 10.2 Å². The molecule has 0 aromatic heterocycles. The number of hydrogen-bond donors (Lipinski definition) is 3. The van der Waals surface area contributed by atoms with Crippen LogP contribution >= 0.6 is 23.8 Å². The van der Waals surface area contributed by atoms with Gasteiger partial charge in [-0.15, -0.1) is 0 Å². The highest BCUT2D eigenvalue weighted by atomic mass is 35.5. The number of methoxy groups -OCH3 is 1. The van der Waals surface area contributed by atoms with Crippen molar-refractivity contribution in [1.29, 1.82) is 0 Å². The molecule has 1 aliphatic heterocycles. The van der Waals surface area contributed by atoms with Crippen LogP contribution in [0.5, 0.6) is 5.75 Å². The van der Waals surface area contributed by atoms with Crippen LogP contribution in [0.25, 0.3) is 0 Å². The third-order valence-electron chi connectivity index (χ3n) is 5.29. The van der Waals surface area contributed by atoms with Crippen LogP contribution in [0, 0.1) is 5.92 Å². The molecule has 1 saturated carbocycles. The normalized spacial score (nSPS) is 17.9. The van der Waals surface area contributed by atoms with Crippen molar-refractivity contribution in [1.82, 2.24) is 19.7 Å². The molecule has 1 heterocycles. The minimum Gasteiger partial charge on any atom is -0.496 e. The summed E-state index contributed by atoms with van der Waals surface area (Å²) >= 11 is 11.1. The molecule has 0 atom stereocenters. The first-order valence-corrected chi connectivity index (χ1v) is 12.2. The summed E-state index contributed by atoms with van der Waals surface area (Å²) < 4.78 is 34.0. The Bertz CT molecular complexity index is 885. The fourth-order valence-corrected chi connectivity index (χ4v) is 5.17. The van der Waals surface area contributed by atoms with E-state index in [0.29, 0.717) is 47.9 Å². The number of carbonyl (C=O) groups excluding carboxylic acids is 1.